The fourth-order valence-corrected chi connectivity index (χ4v) is 6.06. The first kappa shape index (κ1) is 28.0. The molecule has 0 unspecified atom stereocenters. The molecule has 0 fully saturated rings. The highest BCUT2D eigenvalue weighted by Crippen LogP contribution is 2.32. The zero-order valence-electron chi connectivity index (χ0n) is 23.1. The summed E-state index contributed by atoms with van der Waals surface area (Å²) < 4.78 is 45.2. The second kappa shape index (κ2) is 12.0. The molecule has 0 saturated carbocycles. The van der Waals surface area contributed by atoms with Gasteiger partial charge in [0.1, 0.15) is 22.7 Å². The number of nitrogens with one attached hydrogen (secondary N) is 2. The Kier molecular flexibility index (Phi) is 7.84. The molecule has 0 radical (unpaired) electrons. The Balaban J connectivity index is 1.48. The third kappa shape index (κ3) is 6.09. The van der Waals surface area contributed by atoms with Crippen LogP contribution in [-0.2, 0) is 29.4 Å². The van der Waals surface area contributed by atoms with Crippen LogP contribution in [0.25, 0.3) is 22.2 Å². The summed E-state index contributed by atoms with van der Waals surface area (Å²) in [5, 5.41) is 2.94. The average Bonchev–Trinajstić information content (AvgIpc) is 3.31. The summed E-state index contributed by atoms with van der Waals surface area (Å²) >= 11 is 0. The lowest BCUT2D eigenvalue weighted by Gasteiger charge is -2.15. The summed E-state index contributed by atoms with van der Waals surface area (Å²) in [6.45, 7) is 0.636. The van der Waals surface area contributed by atoms with Crippen molar-refractivity contribution in [1.82, 2.24) is 19.9 Å². The van der Waals surface area contributed by atoms with Gasteiger partial charge in [-0.05, 0) is 60.4 Å². The zero-order chi connectivity index (χ0) is 29.8. The fourth-order valence-electron chi connectivity index (χ4n) is 4.98. The quantitative estimate of drug-likeness (QED) is 0.211. The summed E-state index contributed by atoms with van der Waals surface area (Å²) in [6, 6.07) is 31.3. The monoisotopic (exact) mass is 593 g/mol. The highest BCUT2D eigenvalue weighted by Gasteiger charge is 2.29. The number of para-hydroxylation sites is 2. The van der Waals surface area contributed by atoms with E-state index < -0.39 is 21.7 Å². The van der Waals surface area contributed by atoms with Gasteiger partial charge >= 0.3 is 0 Å². The molecule has 0 atom stereocenters. The summed E-state index contributed by atoms with van der Waals surface area (Å²) in [5.41, 5.74) is 3.98. The molecule has 0 aliphatic heterocycles. The maximum atomic E-state index is 13.9. The Hall–Kier alpha value is -5.09. The number of hydrogen-bond acceptors (Lipinski definition) is 5. The van der Waals surface area contributed by atoms with Crippen molar-refractivity contribution in [3.63, 3.8) is 0 Å². The van der Waals surface area contributed by atoms with Crippen LogP contribution in [-0.4, -0.2) is 35.4 Å². The summed E-state index contributed by atoms with van der Waals surface area (Å²) in [4.78, 5) is 23.4. The van der Waals surface area contributed by atoms with Crippen LogP contribution in [0.3, 0.4) is 0 Å². The van der Waals surface area contributed by atoms with Crippen LogP contribution in [0.5, 0.6) is 0 Å². The van der Waals surface area contributed by atoms with E-state index in [1.54, 1.807) is 10.6 Å². The van der Waals surface area contributed by atoms with E-state index in [1.807, 2.05) is 78.9 Å². The summed E-state index contributed by atoms with van der Waals surface area (Å²) in [7, 11) is -4.22. The van der Waals surface area contributed by atoms with Crippen molar-refractivity contribution in [3.05, 3.63) is 132 Å². The number of benzene rings is 4. The van der Waals surface area contributed by atoms with Crippen LogP contribution >= 0.6 is 0 Å². The van der Waals surface area contributed by atoms with E-state index >= 15 is 0 Å². The van der Waals surface area contributed by atoms with Crippen molar-refractivity contribution in [2.75, 3.05) is 11.3 Å². The molecule has 1 amide bonds. The number of carbonyl (C=O) groups excluding carboxylic acids is 1. The molecular formula is C33H28FN5O3S. The number of fused-ring (bicyclic) bond motifs is 2. The molecule has 0 aliphatic rings. The second-order valence-corrected chi connectivity index (χ2v) is 11.7. The molecule has 6 rings (SSSR count). The predicted octanol–water partition coefficient (Wildman–Crippen LogP) is 5.74. The van der Waals surface area contributed by atoms with Crippen LogP contribution in [0.2, 0.25) is 0 Å². The van der Waals surface area contributed by atoms with Gasteiger partial charge in [0, 0.05) is 13.1 Å². The molecule has 0 spiro atoms. The molecule has 2 aromatic heterocycles. The van der Waals surface area contributed by atoms with Crippen molar-refractivity contribution in [2.24, 2.45) is 0 Å². The van der Waals surface area contributed by atoms with E-state index in [4.69, 9.17) is 9.97 Å². The lowest BCUT2D eigenvalue weighted by atomic mass is 10.1. The second-order valence-electron chi connectivity index (χ2n) is 10.0. The smallest absolute Gasteiger partial charge is 0.263 e. The van der Waals surface area contributed by atoms with Crippen LogP contribution in [0.15, 0.2) is 114 Å². The van der Waals surface area contributed by atoms with Gasteiger partial charge in [0.15, 0.2) is 5.65 Å². The molecular weight excluding hydrogens is 565 g/mol. The van der Waals surface area contributed by atoms with Crippen LogP contribution < -0.4 is 10.0 Å². The Morgan fingerprint density at radius 3 is 1.98 bits per heavy atom. The number of amides is 1. The van der Waals surface area contributed by atoms with E-state index in [0.29, 0.717) is 42.6 Å². The Morgan fingerprint density at radius 2 is 1.33 bits per heavy atom. The van der Waals surface area contributed by atoms with Gasteiger partial charge in [0.25, 0.3) is 15.9 Å². The molecule has 0 aliphatic carbocycles. The SMILES string of the molecule is O=C(NCCc1ccccc1)c1c(NS(=O)(=O)c2ccc(F)cc2)n(CCc2ccccc2)c2nc3ccccc3nc12. The lowest BCUT2D eigenvalue weighted by molar-refractivity contribution is 0.0956. The number of anilines is 1. The number of aryl methyl sites for hydroxylation is 2. The van der Waals surface area contributed by atoms with Gasteiger partial charge in [-0.15, -0.1) is 0 Å². The van der Waals surface area contributed by atoms with E-state index in [0.717, 1.165) is 23.3 Å². The molecule has 2 N–H and O–H groups in total. The van der Waals surface area contributed by atoms with Crippen LogP contribution in [0, 0.1) is 5.82 Å². The molecule has 0 saturated heterocycles. The van der Waals surface area contributed by atoms with Crippen molar-refractivity contribution in [2.45, 2.75) is 24.3 Å². The Labute approximate surface area is 248 Å². The molecule has 4 aromatic carbocycles. The van der Waals surface area contributed by atoms with E-state index in [2.05, 4.69) is 10.0 Å². The normalized spacial score (nSPS) is 11.6. The first-order valence-corrected chi connectivity index (χ1v) is 15.3. The Bertz CT molecular complexity index is 2010. The predicted molar refractivity (Wildman–Crippen MR) is 165 cm³/mol. The van der Waals surface area contributed by atoms with Gasteiger partial charge < -0.3 is 9.88 Å². The molecule has 43 heavy (non-hydrogen) atoms. The van der Waals surface area contributed by atoms with Crippen molar-refractivity contribution < 1.29 is 17.6 Å². The largest absolute Gasteiger partial charge is 0.352 e. The van der Waals surface area contributed by atoms with E-state index in [-0.39, 0.29) is 21.8 Å². The van der Waals surface area contributed by atoms with Crippen LogP contribution in [0.4, 0.5) is 10.2 Å². The minimum absolute atomic E-state index is 0.0442. The van der Waals surface area contributed by atoms with Gasteiger partial charge in [0.05, 0.1) is 15.9 Å². The number of carbonyl (C=O) groups is 1. The number of nitrogens with zero attached hydrogens (tertiary/aromatic N) is 3. The van der Waals surface area contributed by atoms with Gasteiger partial charge in [-0.3, -0.25) is 9.52 Å². The van der Waals surface area contributed by atoms with E-state index in [9.17, 15) is 17.6 Å². The summed E-state index contributed by atoms with van der Waals surface area (Å²) in [5.74, 6) is -1.00. The first-order valence-electron chi connectivity index (χ1n) is 13.8. The number of rotatable bonds is 10. The molecule has 10 heteroatoms. The minimum atomic E-state index is -4.22. The number of halogens is 1. The summed E-state index contributed by atoms with van der Waals surface area (Å²) in [6.07, 6.45) is 1.13. The van der Waals surface area contributed by atoms with Crippen molar-refractivity contribution >= 4 is 43.9 Å². The maximum Gasteiger partial charge on any atom is 0.263 e. The van der Waals surface area contributed by atoms with Crippen molar-refractivity contribution in [3.8, 4) is 0 Å². The highest BCUT2D eigenvalue weighted by molar-refractivity contribution is 7.92. The average molecular weight is 594 g/mol. The number of hydrogen-bond donors (Lipinski definition) is 2. The number of aromatic nitrogens is 3. The lowest BCUT2D eigenvalue weighted by Crippen LogP contribution is -2.27. The van der Waals surface area contributed by atoms with Gasteiger partial charge in [-0.2, -0.15) is 0 Å². The number of sulfonamides is 1. The molecule has 2 heterocycles. The van der Waals surface area contributed by atoms with E-state index in [1.165, 1.54) is 12.1 Å². The highest BCUT2D eigenvalue weighted by atomic mass is 32.2. The fraction of sp³-hybridized carbons (Fsp3) is 0.121. The molecule has 0 bridgehead atoms. The van der Waals surface area contributed by atoms with Gasteiger partial charge in [-0.25, -0.2) is 22.8 Å². The molecule has 6 aromatic rings. The zero-order valence-corrected chi connectivity index (χ0v) is 23.9. The first-order chi connectivity index (χ1) is 20.9. The van der Waals surface area contributed by atoms with Gasteiger partial charge in [-0.1, -0.05) is 72.8 Å². The third-order valence-corrected chi connectivity index (χ3v) is 8.50. The van der Waals surface area contributed by atoms with Crippen LogP contribution in [0.1, 0.15) is 21.5 Å². The molecule has 8 nitrogen and oxygen atoms in total. The third-order valence-electron chi connectivity index (χ3n) is 7.14. The maximum absolute atomic E-state index is 13.9. The standard InChI is InChI=1S/C33H28FN5O3S/c34-25-15-17-26(18-16-25)43(41,42)38-31-29(33(40)35-21-19-23-9-3-1-4-10-23)30-32(37-28-14-8-7-13-27(28)36-30)39(31)22-20-24-11-5-2-6-12-24/h1-18,38H,19-22H2,(H,35,40). The minimum Gasteiger partial charge on any atom is -0.352 e. The molecule has 216 valence electrons. The van der Waals surface area contributed by atoms with Gasteiger partial charge in [0.2, 0.25) is 0 Å². The topological polar surface area (TPSA) is 106 Å². The Morgan fingerprint density at radius 1 is 0.744 bits per heavy atom. The van der Waals surface area contributed by atoms with Crippen molar-refractivity contribution in [1.29, 1.82) is 0 Å².